The molecule has 0 saturated heterocycles. The van der Waals surface area contributed by atoms with E-state index in [1.165, 1.54) is 13.2 Å². The van der Waals surface area contributed by atoms with E-state index in [0.29, 0.717) is 12.5 Å². The summed E-state index contributed by atoms with van der Waals surface area (Å²) in [6.07, 6.45) is -3.16. The number of aliphatic imine (C=N–C) groups is 1. The lowest BCUT2D eigenvalue weighted by Crippen LogP contribution is -2.36. The number of rotatable bonds is 5. The highest BCUT2D eigenvalue weighted by Gasteiger charge is 2.36. The van der Waals surface area contributed by atoms with Crippen LogP contribution in [-0.2, 0) is 26.3 Å². The zero-order valence-electron chi connectivity index (χ0n) is 14.2. The Morgan fingerprint density at radius 2 is 1.84 bits per heavy atom. The predicted octanol–water partition coefficient (Wildman–Crippen LogP) is 2.31. The molecule has 0 atom stereocenters. The van der Waals surface area contributed by atoms with Crippen molar-refractivity contribution >= 4 is 5.96 Å². The van der Waals surface area contributed by atoms with Gasteiger partial charge < -0.3 is 15.4 Å². The van der Waals surface area contributed by atoms with Gasteiger partial charge in [0.1, 0.15) is 5.75 Å². The van der Waals surface area contributed by atoms with Crippen molar-refractivity contribution < 1.29 is 17.9 Å². The minimum Gasteiger partial charge on any atom is -0.496 e. The highest BCUT2D eigenvalue weighted by Crippen LogP contribution is 2.30. The van der Waals surface area contributed by atoms with Crippen LogP contribution in [0.5, 0.6) is 5.75 Å². The molecule has 0 unspecified atom stereocenters. The van der Waals surface area contributed by atoms with Gasteiger partial charge in [-0.2, -0.15) is 18.3 Å². The summed E-state index contributed by atoms with van der Waals surface area (Å²) in [5, 5.41) is 9.39. The standard InChI is InChI=1S/C16H20F3N5O/c1-20-15(21-8-11-6-4-5-7-13(11)25-3)22-9-12-10-24(2)23-14(12)16(17,18)19/h4-7,10H,8-9H2,1-3H3,(H2,20,21,22). The van der Waals surface area contributed by atoms with Crippen molar-refractivity contribution in [2.45, 2.75) is 19.3 Å². The number of guanidine groups is 1. The van der Waals surface area contributed by atoms with E-state index < -0.39 is 11.9 Å². The molecule has 1 heterocycles. The number of nitrogens with one attached hydrogen (secondary N) is 2. The second-order valence-electron chi connectivity index (χ2n) is 5.27. The predicted molar refractivity (Wildman–Crippen MR) is 88.2 cm³/mol. The molecule has 2 rings (SSSR count). The second kappa shape index (κ2) is 7.91. The number of benzene rings is 1. The van der Waals surface area contributed by atoms with E-state index in [1.54, 1.807) is 14.2 Å². The number of ether oxygens (including phenoxy) is 1. The normalized spacial score (nSPS) is 12.2. The molecule has 6 nitrogen and oxygen atoms in total. The molecular weight excluding hydrogens is 335 g/mol. The molecule has 0 radical (unpaired) electrons. The average Bonchev–Trinajstić information content (AvgIpc) is 2.96. The molecule has 0 amide bonds. The first-order valence-electron chi connectivity index (χ1n) is 7.51. The number of alkyl halides is 3. The van der Waals surface area contributed by atoms with E-state index in [2.05, 4.69) is 20.7 Å². The molecule has 2 aromatic rings. The second-order valence-corrected chi connectivity index (χ2v) is 5.27. The van der Waals surface area contributed by atoms with Crippen LogP contribution in [0.15, 0.2) is 35.5 Å². The Kier molecular flexibility index (Phi) is 5.89. The molecule has 2 N–H and O–H groups in total. The summed E-state index contributed by atoms with van der Waals surface area (Å²) >= 11 is 0. The van der Waals surface area contributed by atoms with Crippen LogP contribution in [0.4, 0.5) is 13.2 Å². The van der Waals surface area contributed by atoms with E-state index in [0.717, 1.165) is 16.0 Å². The van der Waals surface area contributed by atoms with E-state index in [-0.39, 0.29) is 12.1 Å². The third-order valence-corrected chi connectivity index (χ3v) is 3.48. The van der Waals surface area contributed by atoms with Crippen molar-refractivity contribution in [3.05, 3.63) is 47.3 Å². The van der Waals surface area contributed by atoms with Gasteiger partial charge in [0.2, 0.25) is 0 Å². The summed E-state index contributed by atoms with van der Waals surface area (Å²) in [5.41, 5.74) is 0.0585. The molecule has 1 aromatic carbocycles. The first-order valence-corrected chi connectivity index (χ1v) is 7.51. The van der Waals surface area contributed by atoms with Gasteiger partial charge in [-0.05, 0) is 6.07 Å². The van der Waals surface area contributed by atoms with Crippen molar-refractivity contribution in [3.63, 3.8) is 0 Å². The summed E-state index contributed by atoms with van der Waals surface area (Å²) in [5.74, 6) is 1.10. The fraction of sp³-hybridized carbons (Fsp3) is 0.375. The number of hydrogen-bond acceptors (Lipinski definition) is 3. The number of methoxy groups -OCH3 is 1. The molecule has 0 aliphatic rings. The van der Waals surface area contributed by atoms with Crippen LogP contribution in [0, 0.1) is 0 Å². The molecule has 1 aromatic heterocycles. The number of hydrogen-bond donors (Lipinski definition) is 2. The van der Waals surface area contributed by atoms with Gasteiger partial charge in [-0.1, -0.05) is 18.2 Å². The maximum Gasteiger partial charge on any atom is 0.435 e. The van der Waals surface area contributed by atoms with Crippen LogP contribution < -0.4 is 15.4 Å². The van der Waals surface area contributed by atoms with Gasteiger partial charge >= 0.3 is 6.18 Å². The quantitative estimate of drug-likeness (QED) is 0.638. The molecule has 0 aliphatic carbocycles. The van der Waals surface area contributed by atoms with Gasteiger partial charge in [0, 0.05) is 44.5 Å². The molecule has 9 heteroatoms. The Bertz CT molecular complexity index is 740. The summed E-state index contributed by atoms with van der Waals surface area (Å²) in [6, 6.07) is 7.46. The molecule has 25 heavy (non-hydrogen) atoms. The minimum absolute atomic E-state index is 0.0473. The fourth-order valence-electron chi connectivity index (χ4n) is 2.33. The van der Waals surface area contributed by atoms with Crippen LogP contribution in [-0.4, -0.2) is 29.9 Å². The maximum atomic E-state index is 13.0. The first kappa shape index (κ1) is 18.6. The molecule has 0 aliphatic heterocycles. The maximum absolute atomic E-state index is 13.0. The van der Waals surface area contributed by atoms with Crippen molar-refractivity contribution in [2.24, 2.45) is 12.0 Å². The van der Waals surface area contributed by atoms with Gasteiger partial charge in [-0.25, -0.2) is 0 Å². The number of nitrogens with zero attached hydrogens (tertiary/aromatic N) is 3. The zero-order chi connectivity index (χ0) is 18.4. The molecular formula is C16H20F3N5O. The minimum atomic E-state index is -4.49. The number of aromatic nitrogens is 2. The van der Waals surface area contributed by atoms with Crippen molar-refractivity contribution in [2.75, 3.05) is 14.2 Å². The molecule has 136 valence electrons. The number of para-hydroxylation sites is 1. The van der Waals surface area contributed by atoms with Crippen LogP contribution in [0.25, 0.3) is 0 Å². The lowest BCUT2D eigenvalue weighted by molar-refractivity contribution is -0.142. The topological polar surface area (TPSA) is 63.5 Å². The van der Waals surface area contributed by atoms with Crippen molar-refractivity contribution in [1.82, 2.24) is 20.4 Å². The van der Waals surface area contributed by atoms with Crippen molar-refractivity contribution in [3.8, 4) is 5.75 Å². The third kappa shape index (κ3) is 4.88. The van der Waals surface area contributed by atoms with Crippen LogP contribution >= 0.6 is 0 Å². The van der Waals surface area contributed by atoms with Gasteiger partial charge in [-0.3, -0.25) is 9.67 Å². The van der Waals surface area contributed by atoms with Gasteiger partial charge in [0.25, 0.3) is 0 Å². The highest BCUT2D eigenvalue weighted by atomic mass is 19.4. The summed E-state index contributed by atoms with van der Waals surface area (Å²) in [6.45, 7) is 0.372. The average molecular weight is 355 g/mol. The van der Waals surface area contributed by atoms with Gasteiger partial charge in [-0.15, -0.1) is 0 Å². The van der Waals surface area contributed by atoms with E-state index in [9.17, 15) is 13.2 Å². The van der Waals surface area contributed by atoms with E-state index in [4.69, 9.17) is 4.74 Å². The summed E-state index contributed by atoms with van der Waals surface area (Å²) < 4.78 is 45.3. The van der Waals surface area contributed by atoms with Crippen LogP contribution in [0.2, 0.25) is 0 Å². The monoisotopic (exact) mass is 355 g/mol. The summed E-state index contributed by atoms with van der Waals surface area (Å²) in [7, 11) is 4.58. The largest absolute Gasteiger partial charge is 0.496 e. The smallest absolute Gasteiger partial charge is 0.435 e. The highest BCUT2D eigenvalue weighted by molar-refractivity contribution is 5.79. The van der Waals surface area contributed by atoms with Crippen LogP contribution in [0.3, 0.4) is 0 Å². The Morgan fingerprint density at radius 1 is 1.20 bits per heavy atom. The zero-order valence-corrected chi connectivity index (χ0v) is 14.2. The van der Waals surface area contributed by atoms with E-state index >= 15 is 0 Å². The Labute approximate surface area is 143 Å². The Hall–Kier alpha value is -2.71. The van der Waals surface area contributed by atoms with Gasteiger partial charge in [0.05, 0.1) is 7.11 Å². The molecule has 0 spiro atoms. The lowest BCUT2D eigenvalue weighted by Gasteiger charge is -2.14. The fourth-order valence-corrected chi connectivity index (χ4v) is 2.33. The van der Waals surface area contributed by atoms with Crippen molar-refractivity contribution in [1.29, 1.82) is 0 Å². The molecule has 0 bridgehead atoms. The van der Waals surface area contributed by atoms with Crippen LogP contribution in [0.1, 0.15) is 16.8 Å². The number of halogens is 3. The third-order valence-electron chi connectivity index (χ3n) is 3.48. The molecule has 0 fully saturated rings. The summed E-state index contributed by atoms with van der Waals surface area (Å²) in [4.78, 5) is 4.02. The SMILES string of the molecule is CN=C(NCc1ccccc1OC)NCc1cn(C)nc1C(F)(F)F. The first-order chi connectivity index (χ1) is 11.8. The van der Waals surface area contributed by atoms with Gasteiger partial charge in [0.15, 0.2) is 11.7 Å². The van der Waals surface area contributed by atoms with E-state index in [1.807, 2.05) is 24.3 Å². The molecule has 0 saturated carbocycles. The Balaban J connectivity index is 2.00. The lowest BCUT2D eigenvalue weighted by atomic mass is 10.2. The Morgan fingerprint density at radius 3 is 2.44 bits per heavy atom. The number of aryl methyl sites for hydroxylation is 1.